The average molecular weight is 290 g/mol. The predicted molar refractivity (Wildman–Crippen MR) is 81.8 cm³/mol. The number of aromatic amines is 1. The second-order valence-corrected chi connectivity index (χ2v) is 5.58. The molecule has 19 heavy (non-hydrogen) atoms. The van der Waals surface area contributed by atoms with E-state index in [1.165, 1.54) is 11.1 Å². The molecule has 3 rings (SSSR count). The number of rotatable bonds is 3. The lowest BCUT2D eigenvalue weighted by molar-refractivity contribution is 0.419. The number of hydrogen-bond donors (Lipinski definition) is 1. The number of benzene rings is 1. The number of fused-ring (bicyclic) bond motifs is 1. The van der Waals surface area contributed by atoms with Gasteiger partial charge in [-0.2, -0.15) is 11.3 Å². The van der Waals surface area contributed by atoms with Gasteiger partial charge in [0.1, 0.15) is 11.3 Å². The Bertz CT molecular complexity index is 782. The summed E-state index contributed by atoms with van der Waals surface area (Å²) in [6.45, 7) is 2.92. The van der Waals surface area contributed by atoms with E-state index in [1.807, 2.05) is 12.1 Å². The highest BCUT2D eigenvalue weighted by Crippen LogP contribution is 2.26. The first-order chi connectivity index (χ1) is 9.20. The summed E-state index contributed by atoms with van der Waals surface area (Å²) in [5.41, 5.74) is 4.66. The molecule has 0 radical (unpaired) electrons. The van der Waals surface area contributed by atoms with Crippen molar-refractivity contribution in [2.45, 2.75) is 13.5 Å². The third-order valence-corrected chi connectivity index (χ3v) is 4.51. The van der Waals surface area contributed by atoms with E-state index in [-0.39, 0.29) is 0 Å². The Balaban J connectivity index is 2.16. The van der Waals surface area contributed by atoms with E-state index in [0.29, 0.717) is 0 Å². The minimum atomic E-state index is 0.727. The van der Waals surface area contributed by atoms with Crippen LogP contribution in [0.4, 0.5) is 0 Å². The standard InChI is InChI=1S/C14H14N2OS2/c1-9-7-19-8-10(9)6-16-11-4-3-5-12(17-2)13(11)15-14(16)18/h3-5,7-8H,6H2,1-2H3,(H,15,18). The van der Waals surface area contributed by atoms with E-state index in [9.17, 15) is 0 Å². The topological polar surface area (TPSA) is 29.9 Å². The van der Waals surface area contributed by atoms with Crippen molar-refractivity contribution in [2.24, 2.45) is 0 Å². The molecule has 0 unspecified atom stereocenters. The van der Waals surface area contributed by atoms with Crippen LogP contribution in [-0.2, 0) is 6.54 Å². The van der Waals surface area contributed by atoms with E-state index in [0.717, 1.165) is 28.1 Å². The number of aryl methyl sites for hydroxylation is 1. The van der Waals surface area contributed by atoms with Gasteiger partial charge >= 0.3 is 0 Å². The summed E-state index contributed by atoms with van der Waals surface area (Å²) in [5.74, 6) is 0.824. The van der Waals surface area contributed by atoms with Crippen LogP contribution in [0.25, 0.3) is 11.0 Å². The van der Waals surface area contributed by atoms with Crippen molar-refractivity contribution in [1.29, 1.82) is 0 Å². The average Bonchev–Trinajstić information content (AvgIpc) is 2.95. The molecule has 0 aliphatic carbocycles. The molecule has 2 heterocycles. The largest absolute Gasteiger partial charge is 0.494 e. The third-order valence-electron chi connectivity index (χ3n) is 3.28. The number of thiophene rings is 1. The molecule has 0 saturated carbocycles. The minimum absolute atomic E-state index is 0.727. The monoisotopic (exact) mass is 290 g/mol. The van der Waals surface area contributed by atoms with Crippen LogP contribution < -0.4 is 4.74 Å². The molecule has 1 N–H and O–H groups in total. The molecule has 0 fully saturated rings. The number of methoxy groups -OCH3 is 1. The zero-order valence-corrected chi connectivity index (χ0v) is 12.4. The van der Waals surface area contributed by atoms with Gasteiger partial charge < -0.3 is 14.3 Å². The Hall–Kier alpha value is -1.59. The Kier molecular flexibility index (Phi) is 3.16. The first-order valence-corrected chi connectivity index (χ1v) is 7.33. The summed E-state index contributed by atoms with van der Waals surface area (Å²) in [7, 11) is 1.67. The van der Waals surface area contributed by atoms with Gasteiger partial charge in [0.2, 0.25) is 0 Å². The van der Waals surface area contributed by atoms with E-state index in [4.69, 9.17) is 17.0 Å². The van der Waals surface area contributed by atoms with Crippen LogP contribution in [-0.4, -0.2) is 16.7 Å². The van der Waals surface area contributed by atoms with Crippen molar-refractivity contribution in [3.8, 4) is 5.75 Å². The number of ether oxygens (including phenoxy) is 1. The molecule has 0 spiro atoms. The van der Waals surface area contributed by atoms with Crippen molar-refractivity contribution in [3.63, 3.8) is 0 Å². The molecule has 98 valence electrons. The maximum Gasteiger partial charge on any atom is 0.178 e. The highest BCUT2D eigenvalue weighted by atomic mass is 32.1. The van der Waals surface area contributed by atoms with Crippen molar-refractivity contribution in [1.82, 2.24) is 9.55 Å². The van der Waals surface area contributed by atoms with Gasteiger partial charge in [-0.3, -0.25) is 0 Å². The fourth-order valence-electron chi connectivity index (χ4n) is 2.20. The molecule has 0 aliphatic rings. The SMILES string of the molecule is COc1cccc2c1[nH]c(=S)n2Cc1cscc1C. The van der Waals surface area contributed by atoms with Crippen LogP contribution in [0, 0.1) is 11.7 Å². The molecule has 0 saturated heterocycles. The van der Waals surface area contributed by atoms with Gasteiger partial charge in [-0.25, -0.2) is 0 Å². The summed E-state index contributed by atoms with van der Waals surface area (Å²) in [6.07, 6.45) is 0. The normalized spacial score (nSPS) is 11.1. The molecule has 0 amide bonds. The third kappa shape index (κ3) is 2.09. The van der Waals surface area contributed by atoms with Crippen LogP contribution >= 0.6 is 23.6 Å². The Morgan fingerprint density at radius 3 is 2.89 bits per heavy atom. The number of H-pyrrole nitrogens is 1. The molecule has 3 nitrogen and oxygen atoms in total. The van der Waals surface area contributed by atoms with Gasteiger partial charge in [0.05, 0.1) is 19.2 Å². The van der Waals surface area contributed by atoms with Gasteiger partial charge in [0.25, 0.3) is 0 Å². The zero-order valence-electron chi connectivity index (χ0n) is 10.8. The summed E-state index contributed by atoms with van der Waals surface area (Å²) >= 11 is 7.16. The van der Waals surface area contributed by atoms with E-state index in [2.05, 4.69) is 33.3 Å². The Morgan fingerprint density at radius 2 is 2.21 bits per heavy atom. The molecule has 5 heteroatoms. The summed E-state index contributed by atoms with van der Waals surface area (Å²) in [5, 5.41) is 4.34. The van der Waals surface area contributed by atoms with E-state index >= 15 is 0 Å². The van der Waals surface area contributed by atoms with Crippen LogP contribution in [0.1, 0.15) is 11.1 Å². The summed E-state index contributed by atoms with van der Waals surface area (Å²) < 4.78 is 8.21. The molecule has 0 aliphatic heterocycles. The van der Waals surface area contributed by atoms with Gasteiger partial charge in [0.15, 0.2) is 4.77 Å². The molecular formula is C14H14N2OS2. The van der Waals surface area contributed by atoms with Crippen molar-refractivity contribution < 1.29 is 4.74 Å². The number of para-hydroxylation sites is 1. The Labute approximate surface area is 120 Å². The number of nitrogens with zero attached hydrogens (tertiary/aromatic N) is 1. The number of aromatic nitrogens is 2. The zero-order chi connectivity index (χ0) is 13.4. The second-order valence-electron chi connectivity index (χ2n) is 4.45. The maximum absolute atomic E-state index is 5.43. The summed E-state index contributed by atoms with van der Waals surface area (Å²) in [6, 6.07) is 5.99. The lowest BCUT2D eigenvalue weighted by atomic mass is 10.2. The van der Waals surface area contributed by atoms with Gasteiger partial charge in [0, 0.05) is 0 Å². The van der Waals surface area contributed by atoms with Crippen molar-refractivity contribution >= 4 is 34.6 Å². The minimum Gasteiger partial charge on any atom is -0.494 e. The van der Waals surface area contributed by atoms with Crippen LogP contribution in [0.15, 0.2) is 29.0 Å². The molecule has 0 bridgehead atoms. The molecular weight excluding hydrogens is 276 g/mol. The fraction of sp³-hybridized carbons (Fsp3) is 0.214. The first-order valence-electron chi connectivity index (χ1n) is 5.98. The number of hydrogen-bond acceptors (Lipinski definition) is 3. The van der Waals surface area contributed by atoms with Crippen molar-refractivity contribution in [2.75, 3.05) is 7.11 Å². The molecule has 0 atom stereocenters. The van der Waals surface area contributed by atoms with E-state index in [1.54, 1.807) is 18.4 Å². The molecule has 1 aromatic carbocycles. The van der Waals surface area contributed by atoms with Gasteiger partial charge in [-0.1, -0.05) is 6.07 Å². The van der Waals surface area contributed by atoms with Gasteiger partial charge in [-0.15, -0.1) is 0 Å². The van der Waals surface area contributed by atoms with Crippen molar-refractivity contribution in [3.05, 3.63) is 44.9 Å². The highest BCUT2D eigenvalue weighted by molar-refractivity contribution is 7.71. The highest BCUT2D eigenvalue weighted by Gasteiger charge is 2.10. The molecule has 3 aromatic rings. The number of nitrogens with one attached hydrogen (secondary N) is 1. The maximum atomic E-state index is 5.43. The predicted octanol–water partition coefficient (Wildman–Crippen LogP) is 4.13. The Morgan fingerprint density at radius 1 is 1.37 bits per heavy atom. The second kappa shape index (κ2) is 4.83. The van der Waals surface area contributed by atoms with Gasteiger partial charge in [-0.05, 0) is 53.2 Å². The summed E-state index contributed by atoms with van der Waals surface area (Å²) in [4.78, 5) is 3.23. The van der Waals surface area contributed by atoms with Crippen LogP contribution in [0.3, 0.4) is 0 Å². The quantitative estimate of drug-likeness (QED) is 0.735. The van der Waals surface area contributed by atoms with Crippen LogP contribution in [0.2, 0.25) is 0 Å². The fourth-order valence-corrected chi connectivity index (χ4v) is 3.31. The van der Waals surface area contributed by atoms with E-state index < -0.39 is 0 Å². The smallest absolute Gasteiger partial charge is 0.178 e. The number of imidazole rings is 1. The lowest BCUT2D eigenvalue weighted by Gasteiger charge is -2.05. The first kappa shape index (κ1) is 12.4. The molecule has 2 aromatic heterocycles. The lowest BCUT2D eigenvalue weighted by Crippen LogP contribution is -1.99. The van der Waals surface area contributed by atoms with Crippen LogP contribution in [0.5, 0.6) is 5.75 Å².